The zero-order valence-electron chi connectivity index (χ0n) is 12.0. The van der Waals surface area contributed by atoms with Gasteiger partial charge in [0.05, 0.1) is 5.92 Å². The lowest BCUT2D eigenvalue weighted by molar-refractivity contribution is -0.134. The summed E-state index contributed by atoms with van der Waals surface area (Å²) in [5, 5.41) is 0. The van der Waals surface area contributed by atoms with Crippen LogP contribution >= 0.6 is 0 Å². The molecule has 3 nitrogen and oxygen atoms in total. The van der Waals surface area contributed by atoms with Gasteiger partial charge in [0, 0.05) is 19.1 Å². The highest BCUT2D eigenvalue weighted by Crippen LogP contribution is 2.29. The molecule has 108 valence electrons. The lowest BCUT2D eigenvalue weighted by Crippen LogP contribution is -2.40. The van der Waals surface area contributed by atoms with Crippen LogP contribution < -0.4 is 5.73 Å². The number of carbonyl (C=O) groups is 1. The number of nitrogens with two attached hydrogens (primary N) is 1. The molecule has 3 rings (SSSR count). The van der Waals surface area contributed by atoms with Crippen molar-refractivity contribution < 1.29 is 4.79 Å². The number of hydrogen-bond donors (Lipinski definition) is 1. The minimum atomic E-state index is 0.0884. The molecular weight excluding hydrogens is 248 g/mol. The van der Waals surface area contributed by atoms with Crippen molar-refractivity contribution in [2.24, 2.45) is 17.6 Å². The molecule has 1 saturated heterocycles. The Morgan fingerprint density at radius 3 is 2.70 bits per heavy atom. The van der Waals surface area contributed by atoms with Crippen LogP contribution in [0, 0.1) is 11.8 Å². The molecule has 1 aliphatic heterocycles. The maximum atomic E-state index is 12.5. The minimum absolute atomic E-state index is 0.0884. The van der Waals surface area contributed by atoms with Gasteiger partial charge >= 0.3 is 0 Å². The predicted molar refractivity (Wildman–Crippen MR) is 80.1 cm³/mol. The number of rotatable bonds is 3. The van der Waals surface area contributed by atoms with Crippen molar-refractivity contribution in [2.45, 2.75) is 38.1 Å². The molecule has 0 radical (unpaired) electrons. The van der Waals surface area contributed by atoms with E-state index in [1.807, 2.05) is 0 Å². The molecular formula is C17H24N2O. The van der Waals surface area contributed by atoms with E-state index < -0.39 is 0 Å². The highest BCUT2D eigenvalue weighted by molar-refractivity contribution is 5.80. The zero-order chi connectivity index (χ0) is 13.9. The first kappa shape index (κ1) is 13.6. The molecule has 0 aromatic heterocycles. The SMILES string of the molecule is N[C@@H]1CCC[C@@H]1C(=O)N1CC[C@@H](Cc2ccccc2)C1. The van der Waals surface area contributed by atoms with E-state index in [0.717, 1.165) is 45.2 Å². The van der Waals surface area contributed by atoms with Gasteiger partial charge in [-0.15, -0.1) is 0 Å². The van der Waals surface area contributed by atoms with Gasteiger partial charge in [0.2, 0.25) is 5.91 Å². The second kappa shape index (κ2) is 5.96. The first-order valence-electron chi connectivity index (χ1n) is 7.82. The fourth-order valence-electron chi connectivity index (χ4n) is 3.68. The smallest absolute Gasteiger partial charge is 0.227 e. The molecule has 2 fully saturated rings. The summed E-state index contributed by atoms with van der Waals surface area (Å²) in [6, 6.07) is 10.7. The van der Waals surface area contributed by atoms with Gasteiger partial charge in [0.25, 0.3) is 0 Å². The van der Waals surface area contributed by atoms with Crippen LogP contribution in [-0.2, 0) is 11.2 Å². The summed E-state index contributed by atoms with van der Waals surface area (Å²) in [6.07, 6.45) is 5.32. The number of nitrogens with zero attached hydrogens (tertiary/aromatic N) is 1. The van der Waals surface area contributed by atoms with Crippen molar-refractivity contribution in [3.8, 4) is 0 Å². The Labute approximate surface area is 121 Å². The molecule has 2 N–H and O–H groups in total. The van der Waals surface area contributed by atoms with Crippen LogP contribution in [0.3, 0.4) is 0 Å². The van der Waals surface area contributed by atoms with E-state index in [2.05, 4.69) is 35.2 Å². The second-order valence-corrected chi connectivity index (χ2v) is 6.33. The average molecular weight is 272 g/mol. The van der Waals surface area contributed by atoms with Crippen molar-refractivity contribution in [1.29, 1.82) is 0 Å². The zero-order valence-corrected chi connectivity index (χ0v) is 12.0. The topological polar surface area (TPSA) is 46.3 Å². The molecule has 1 aromatic carbocycles. The molecule has 1 saturated carbocycles. The molecule has 0 unspecified atom stereocenters. The minimum Gasteiger partial charge on any atom is -0.342 e. The molecule has 0 spiro atoms. The van der Waals surface area contributed by atoms with E-state index in [1.165, 1.54) is 5.56 Å². The Bertz CT molecular complexity index is 459. The van der Waals surface area contributed by atoms with Gasteiger partial charge in [-0.1, -0.05) is 36.8 Å². The van der Waals surface area contributed by atoms with Crippen LogP contribution in [0.15, 0.2) is 30.3 Å². The van der Waals surface area contributed by atoms with Gasteiger partial charge < -0.3 is 10.6 Å². The Morgan fingerprint density at radius 2 is 2.00 bits per heavy atom. The maximum Gasteiger partial charge on any atom is 0.227 e. The van der Waals surface area contributed by atoms with Crippen molar-refractivity contribution in [1.82, 2.24) is 4.90 Å². The number of amides is 1. The van der Waals surface area contributed by atoms with Crippen molar-refractivity contribution in [2.75, 3.05) is 13.1 Å². The lowest BCUT2D eigenvalue weighted by Gasteiger charge is -2.23. The van der Waals surface area contributed by atoms with E-state index in [1.54, 1.807) is 0 Å². The third-order valence-corrected chi connectivity index (χ3v) is 4.85. The summed E-state index contributed by atoms with van der Waals surface area (Å²) in [5.41, 5.74) is 7.44. The van der Waals surface area contributed by atoms with E-state index in [0.29, 0.717) is 11.8 Å². The molecule has 1 aliphatic carbocycles. The van der Waals surface area contributed by atoms with Crippen molar-refractivity contribution >= 4 is 5.91 Å². The lowest BCUT2D eigenvalue weighted by atomic mass is 9.99. The van der Waals surface area contributed by atoms with Crippen molar-refractivity contribution in [3.63, 3.8) is 0 Å². The Hall–Kier alpha value is -1.35. The van der Waals surface area contributed by atoms with E-state index >= 15 is 0 Å². The number of carbonyl (C=O) groups excluding carboxylic acids is 1. The Morgan fingerprint density at radius 1 is 1.20 bits per heavy atom. The monoisotopic (exact) mass is 272 g/mol. The third kappa shape index (κ3) is 2.88. The molecule has 1 amide bonds. The van der Waals surface area contributed by atoms with Crippen LogP contribution in [0.1, 0.15) is 31.2 Å². The van der Waals surface area contributed by atoms with Gasteiger partial charge in [-0.25, -0.2) is 0 Å². The summed E-state index contributed by atoms with van der Waals surface area (Å²) in [5.74, 6) is 1.01. The Kier molecular flexibility index (Phi) is 4.06. The van der Waals surface area contributed by atoms with Crippen LogP contribution in [0.4, 0.5) is 0 Å². The van der Waals surface area contributed by atoms with E-state index in [-0.39, 0.29) is 12.0 Å². The average Bonchev–Trinajstić information content (AvgIpc) is 3.08. The van der Waals surface area contributed by atoms with Gasteiger partial charge in [0.1, 0.15) is 0 Å². The van der Waals surface area contributed by atoms with Crippen LogP contribution in [-0.4, -0.2) is 29.9 Å². The normalized spacial score (nSPS) is 29.9. The maximum absolute atomic E-state index is 12.5. The largest absolute Gasteiger partial charge is 0.342 e. The molecule has 3 atom stereocenters. The first-order chi connectivity index (χ1) is 9.74. The van der Waals surface area contributed by atoms with E-state index in [9.17, 15) is 4.79 Å². The predicted octanol–water partition coefficient (Wildman–Crippen LogP) is 2.21. The summed E-state index contributed by atoms with van der Waals surface area (Å²) in [4.78, 5) is 14.6. The number of benzene rings is 1. The van der Waals surface area contributed by atoms with Gasteiger partial charge in [-0.2, -0.15) is 0 Å². The molecule has 3 heteroatoms. The number of likely N-dealkylation sites (tertiary alicyclic amines) is 1. The summed E-state index contributed by atoms with van der Waals surface area (Å²) in [7, 11) is 0. The molecule has 2 aliphatic rings. The fraction of sp³-hybridized carbons (Fsp3) is 0.588. The van der Waals surface area contributed by atoms with Gasteiger partial charge in [-0.05, 0) is 37.2 Å². The summed E-state index contributed by atoms with van der Waals surface area (Å²) < 4.78 is 0. The second-order valence-electron chi connectivity index (χ2n) is 6.33. The summed E-state index contributed by atoms with van der Waals surface area (Å²) >= 11 is 0. The van der Waals surface area contributed by atoms with Crippen LogP contribution in [0.5, 0.6) is 0 Å². The quantitative estimate of drug-likeness (QED) is 0.917. The summed E-state index contributed by atoms with van der Waals surface area (Å²) in [6.45, 7) is 1.83. The highest BCUT2D eigenvalue weighted by Gasteiger charge is 2.36. The van der Waals surface area contributed by atoms with E-state index in [4.69, 9.17) is 5.73 Å². The molecule has 0 bridgehead atoms. The standard InChI is InChI=1S/C17H24N2O/c18-16-8-4-7-15(16)17(20)19-10-9-14(12-19)11-13-5-2-1-3-6-13/h1-3,5-6,14-16H,4,7-12,18H2/t14-,15-,16+/m0/s1. The van der Waals surface area contributed by atoms with Crippen molar-refractivity contribution in [3.05, 3.63) is 35.9 Å². The highest BCUT2D eigenvalue weighted by atomic mass is 16.2. The first-order valence-corrected chi connectivity index (χ1v) is 7.82. The van der Waals surface area contributed by atoms with Crippen LogP contribution in [0.2, 0.25) is 0 Å². The Balaban J connectivity index is 1.55. The third-order valence-electron chi connectivity index (χ3n) is 4.85. The number of hydrogen-bond acceptors (Lipinski definition) is 2. The molecule has 20 heavy (non-hydrogen) atoms. The van der Waals surface area contributed by atoms with Crippen LogP contribution in [0.25, 0.3) is 0 Å². The van der Waals surface area contributed by atoms with Gasteiger partial charge in [0.15, 0.2) is 0 Å². The fourth-order valence-corrected chi connectivity index (χ4v) is 3.68. The molecule has 1 heterocycles. The van der Waals surface area contributed by atoms with Gasteiger partial charge in [-0.3, -0.25) is 4.79 Å². The molecule has 1 aromatic rings.